The van der Waals surface area contributed by atoms with E-state index in [1.54, 1.807) is 31.2 Å². The number of hydrogen-bond donors (Lipinski definition) is 1. The van der Waals surface area contributed by atoms with Gasteiger partial charge >= 0.3 is 5.97 Å². The van der Waals surface area contributed by atoms with Crippen LogP contribution in [0.1, 0.15) is 34.9 Å². The lowest BCUT2D eigenvalue weighted by Crippen LogP contribution is -2.16. The van der Waals surface area contributed by atoms with E-state index in [4.69, 9.17) is 27.9 Å². The van der Waals surface area contributed by atoms with Crippen LogP contribution in [0.3, 0.4) is 0 Å². The molecule has 0 saturated carbocycles. The molecule has 1 atom stereocenters. The molecule has 2 heterocycles. The van der Waals surface area contributed by atoms with Crippen LogP contribution in [0.25, 0.3) is 16.3 Å². The average Bonchev–Trinajstić information content (AvgIpc) is 2.88. The molecule has 3 aromatic rings. The van der Waals surface area contributed by atoms with Gasteiger partial charge in [-0.05, 0) is 50.1 Å². The van der Waals surface area contributed by atoms with Crippen LogP contribution < -0.4 is 5.56 Å². The highest BCUT2D eigenvalue weighted by Crippen LogP contribution is 2.27. The molecule has 0 spiro atoms. The highest BCUT2D eigenvalue weighted by atomic mass is 35.5. The fourth-order valence-corrected chi connectivity index (χ4v) is 4.04. The minimum Gasteiger partial charge on any atom is -0.451 e. The molecule has 2 aromatic heterocycles. The Hall–Kier alpha value is -2.15. The Morgan fingerprint density at radius 3 is 2.78 bits per heavy atom. The molecule has 140 valence electrons. The van der Waals surface area contributed by atoms with Crippen LogP contribution >= 0.6 is 34.5 Å². The second-order valence-electron chi connectivity index (χ2n) is 5.99. The molecule has 8 heteroatoms. The van der Waals surface area contributed by atoms with Gasteiger partial charge in [-0.2, -0.15) is 0 Å². The van der Waals surface area contributed by atoms with Gasteiger partial charge in [0.2, 0.25) is 0 Å². The van der Waals surface area contributed by atoms with Gasteiger partial charge in [-0.25, -0.2) is 9.78 Å². The first-order valence-electron chi connectivity index (χ1n) is 8.10. The summed E-state index contributed by atoms with van der Waals surface area (Å²) in [7, 11) is 0. The first-order chi connectivity index (χ1) is 12.8. The predicted molar refractivity (Wildman–Crippen MR) is 110 cm³/mol. The fourth-order valence-electron chi connectivity index (χ4n) is 2.53. The molecule has 0 aliphatic carbocycles. The highest BCUT2D eigenvalue weighted by Gasteiger charge is 2.17. The van der Waals surface area contributed by atoms with Crippen LogP contribution in [0, 0.1) is 13.8 Å². The van der Waals surface area contributed by atoms with E-state index in [9.17, 15) is 9.59 Å². The summed E-state index contributed by atoms with van der Waals surface area (Å²) in [6.45, 7) is 5.48. The molecule has 5 nitrogen and oxygen atoms in total. The summed E-state index contributed by atoms with van der Waals surface area (Å²) in [4.78, 5) is 33.2. The van der Waals surface area contributed by atoms with Crippen molar-refractivity contribution in [1.82, 2.24) is 9.97 Å². The lowest BCUT2D eigenvalue weighted by atomic mass is 10.2. The molecular formula is C19H16Cl2N2O3S. The topological polar surface area (TPSA) is 72.0 Å². The number of H-pyrrole nitrogens is 1. The Morgan fingerprint density at radius 1 is 1.33 bits per heavy atom. The molecule has 0 fully saturated rings. The van der Waals surface area contributed by atoms with Crippen molar-refractivity contribution >= 4 is 56.8 Å². The van der Waals surface area contributed by atoms with Crippen molar-refractivity contribution in [3.05, 3.63) is 66.5 Å². The predicted octanol–water partition coefficient (Wildman–Crippen LogP) is 5.23. The summed E-state index contributed by atoms with van der Waals surface area (Å²) in [5, 5.41) is 1.52. The molecule has 0 aliphatic heterocycles. The van der Waals surface area contributed by atoms with Gasteiger partial charge in [0.1, 0.15) is 4.83 Å². The maximum absolute atomic E-state index is 12.3. The summed E-state index contributed by atoms with van der Waals surface area (Å²) in [5.74, 6) is -0.269. The van der Waals surface area contributed by atoms with E-state index in [1.165, 1.54) is 17.4 Å². The molecule has 3 rings (SSSR count). The Bertz CT molecular complexity index is 1120. The highest BCUT2D eigenvalue weighted by molar-refractivity contribution is 7.18. The molecule has 1 N–H and O–H groups in total. The lowest BCUT2D eigenvalue weighted by Gasteiger charge is -2.11. The van der Waals surface area contributed by atoms with Gasteiger partial charge in [0, 0.05) is 21.0 Å². The van der Waals surface area contributed by atoms with Crippen molar-refractivity contribution in [2.75, 3.05) is 0 Å². The molecule has 1 aromatic carbocycles. The number of hydrogen-bond acceptors (Lipinski definition) is 5. The third-order valence-electron chi connectivity index (χ3n) is 4.10. The fraction of sp³-hybridized carbons (Fsp3) is 0.211. The molecule has 0 aliphatic rings. The van der Waals surface area contributed by atoms with E-state index < -0.39 is 12.1 Å². The number of thiophene rings is 1. The zero-order valence-electron chi connectivity index (χ0n) is 14.8. The number of aryl methyl sites for hydroxylation is 2. The Morgan fingerprint density at radius 2 is 2.07 bits per heavy atom. The minimum absolute atomic E-state index is 0.233. The smallest absolute Gasteiger partial charge is 0.331 e. The number of ether oxygens (including phenoxy) is 1. The summed E-state index contributed by atoms with van der Waals surface area (Å²) < 4.78 is 5.34. The number of halogens is 2. The zero-order valence-corrected chi connectivity index (χ0v) is 17.1. The van der Waals surface area contributed by atoms with Crippen molar-refractivity contribution < 1.29 is 9.53 Å². The number of carbonyl (C=O) groups excluding carboxylic acids is 1. The standard InChI is InChI=1S/C19H16Cl2N2O3S/c1-9-11(3)27-19-16(9)18(25)22-17(23-19)10(2)26-15(24)7-5-12-4-6-13(20)8-14(12)21/h4-8,10H,1-3H3,(H,22,23,25)/b7-5+. The summed E-state index contributed by atoms with van der Waals surface area (Å²) >= 11 is 13.4. The van der Waals surface area contributed by atoms with Crippen LogP contribution in [-0.4, -0.2) is 15.9 Å². The average molecular weight is 423 g/mol. The summed E-state index contributed by atoms with van der Waals surface area (Å²) in [5.41, 5.74) is 1.33. The van der Waals surface area contributed by atoms with Gasteiger partial charge in [0.05, 0.1) is 5.39 Å². The Kier molecular flexibility index (Phi) is 5.69. The zero-order chi connectivity index (χ0) is 19.7. The number of aromatic amines is 1. The molecule has 1 unspecified atom stereocenters. The SMILES string of the molecule is Cc1sc2nc(C(C)OC(=O)/C=C/c3ccc(Cl)cc3Cl)[nH]c(=O)c2c1C. The third kappa shape index (κ3) is 4.24. The number of fused-ring (bicyclic) bond motifs is 1. The van der Waals surface area contributed by atoms with Gasteiger partial charge in [-0.15, -0.1) is 11.3 Å². The second-order valence-corrected chi connectivity index (χ2v) is 8.04. The van der Waals surface area contributed by atoms with Crippen LogP contribution in [0.15, 0.2) is 29.1 Å². The lowest BCUT2D eigenvalue weighted by molar-refractivity contribution is -0.142. The van der Waals surface area contributed by atoms with Crippen molar-refractivity contribution in [3.8, 4) is 0 Å². The Labute approximate surface area is 169 Å². The van der Waals surface area contributed by atoms with Gasteiger partial charge in [-0.1, -0.05) is 29.3 Å². The molecule has 0 radical (unpaired) electrons. The van der Waals surface area contributed by atoms with Gasteiger partial charge in [0.15, 0.2) is 11.9 Å². The molecule has 0 bridgehead atoms. The second kappa shape index (κ2) is 7.84. The van der Waals surface area contributed by atoms with Crippen molar-refractivity contribution in [1.29, 1.82) is 0 Å². The van der Waals surface area contributed by atoms with E-state index in [-0.39, 0.29) is 5.56 Å². The van der Waals surface area contributed by atoms with E-state index in [0.717, 1.165) is 10.4 Å². The summed E-state index contributed by atoms with van der Waals surface area (Å²) in [6.07, 6.45) is 2.10. The first-order valence-corrected chi connectivity index (χ1v) is 9.67. The van der Waals surface area contributed by atoms with E-state index in [2.05, 4.69) is 9.97 Å². The Balaban J connectivity index is 1.77. The number of nitrogens with zero attached hydrogens (tertiary/aromatic N) is 1. The molecule has 27 heavy (non-hydrogen) atoms. The first kappa shape index (κ1) is 19.6. The van der Waals surface area contributed by atoms with Crippen molar-refractivity contribution in [3.63, 3.8) is 0 Å². The number of nitrogens with one attached hydrogen (secondary N) is 1. The van der Waals surface area contributed by atoms with Crippen LogP contribution in [0.4, 0.5) is 0 Å². The number of benzene rings is 1. The quantitative estimate of drug-likeness (QED) is 0.461. The normalized spacial score (nSPS) is 12.6. The number of rotatable bonds is 4. The number of esters is 1. The largest absolute Gasteiger partial charge is 0.451 e. The van der Waals surface area contributed by atoms with Gasteiger partial charge in [-0.3, -0.25) is 4.79 Å². The minimum atomic E-state index is -0.706. The maximum Gasteiger partial charge on any atom is 0.331 e. The van der Waals surface area contributed by atoms with Crippen LogP contribution in [-0.2, 0) is 9.53 Å². The van der Waals surface area contributed by atoms with E-state index >= 15 is 0 Å². The van der Waals surface area contributed by atoms with Crippen LogP contribution in [0.5, 0.6) is 0 Å². The van der Waals surface area contributed by atoms with Crippen molar-refractivity contribution in [2.45, 2.75) is 26.9 Å². The maximum atomic E-state index is 12.3. The van der Waals surface area contributed by atoms with Gasteiger partial charge in [0.25, 0.3) is 5.56 Å². The molecular weight excluding hydrogens is 407 g/mol. The molecule has 0 amide bonds. The molecule has 0 saturated heterocycles. The van der Waals surface area contributed by atoms with E-state index in [1.807, 2.05) is 13.8 Å². The third-order valence-corrected chi connectivity index (χ3v) is 5.76. The van der Waals surface area contributed by atoms with Gasteiger partial charge < -0.3 is 9.72 Å². The van der Waals surface area contributed by atoms with E-state index in [0.29, 0.717) is 31.6 Å². The summed E-state index contributed by atoms with van der Waals surface area (Å²) in [6, 6.07) is 4.97. The number of aromatic nitrogens is 2. The number of carbonyl (C=O) groups is 1. The monoisotopic (exact) mass is 422 g/mol. The van der Waals surface area contributed by atoms with Crippen molar-refractivity contribution in [2.24, 2.45) is 0 Å². The van der Waals surface area contributed by atoms with Crippen LogP contribution in [0.2, 0.25) is 10.0 Å².